The lowest BCUT2D eigenvalue weighted by atomic mass is 10.1. The van der Waals surface area contributed by atoms with Crippen LogP contribution in [0.5, 0.6) is 5.75 Å². The van der Waals surface area contributed by atoms with Gasteiger partial charge in [0, 0.05) is 21.5 Å². The number of hydrogen-bond acceptors (Lipinski definition) is 5. The highest BCUT2D eigenvalue weighted by Gasteiger charge is 2.20. The van der Waals surface area contributed by atoms with E-state index in [4.69, 9.17) is 4.74 Å². The number of carbonyl (C=O) groups excluding carboxylic acids is 1. The van der Waals surface area contributed by atoms with Crippen molar-refractivity contribution in [3.8, 4) is 5.75 Å². The van der Waals surface area contributed by atoms with Crippen LogP contribution in [0.4, 0.5) is 0 Å². The van der Waals surface area contributed by atoms with Crippen molar-refractivity contribution in [2.75, 3.05) is 0 Å². The number of rotatable bonds is 3. The number of hydrogen-bond donors (Lipinski definition) is 0. The predicted octanol–water partition coefficient (Wildman–Crippen LogP) is 4.78. The quantitative estimate of drug-likeness (QED) is 0.129. The van der Waals surface area contributed by atoms with Crippen molar-refractivity contribution in [1.29, 1.82) is 0 Å². The minimum atomic E-state index is -4.64. The van der Waals surface area contributed by atoms with Gasteiger partial charge < -0.3 is 9.29 Å². The molecule has 0 saturated carbocycles. The Kier molecular flexibility index (Phi) is 6.11. The van der Waals surface area contributed by atoms with Gasteiger partial charge in [-0.2, -0.15) is 0 Å². The lowest BCUT2D eigenvalue weighted by molar-refractivity contribution is 0.0734. The second-order valence-electron chi connectivity index (χ2n) is 5.17. The highest BCUT2D eigenvalue weighted by atomic mass is 127. The van der Waals surface area contributed by atoms with Crippen molar-refractivity contribution in [1.82, 2.24) is 0 Å². The van der Waals surface area contributed by atoms with Crippen LogP contribution in [0.2, 0.25) is 0 Å². The van der Waals surface area contributed by atoms with Crippen LogP contribution in [0.1, 0.15) is 10.4 Å². The molecule has 0 aromatic heterocycles. The molecule has 0 radical (unpaired) electrons. The van der Waals surface area contributed by atoms with Crippen LogP contribution in [-0.4, -0.2) is 18.9 Å². The Balaban J connectivity index is 2.11. The molecule has 0 aliphatic heterocycles. The normalized spacial score (nSPS) is 11.5. The van der Waals surface area contributed by atoms with Crippen LogP contribution in [0.15, 0.2) is 53.4 Å². The van der Waals surface area contributed by atoms with Gasteiger partial charge in [-0.3, -0.25) is 0 Å². The third-order valence-electron chi connectivity index (χ3n) is 3.56. The maximum Gasteiger partial charge on any atom is 0.345 e. The Bertz CT molecular complexity index is 1140. The van der Waals surface area contributed by atoms with Gasteiger partial charge in [0.25, 0.3) is 0 Å². The van der Waals surface area contributed by atoms with Crippen LogP contribution in [0.25, 0.3) is 10.8 Å². The molecular weight excluding hydrogens is 697 g/mol. The molecule has 0 aliphatic rings. The zero-order valence-corrected chi connectivity index (χ0v) is 20.0. The number of esters is 1. The summed E-state index contributed by atoms with van der Waals surface area (Å²) in [4.78, 5) is 12.4. The Morgan fingerprint density at radius 1 is 0.885 bits per heavy atom. The molecule has 26 heavy (non-hydrogen) atoms. The monoisotopic (exact) mass is 705 g/mol. The largest absolute Gasteiger partial charge is 0.744 e. The standard InChI is InChI=1S/C17H9I3O5S/c18-11-5-6-12(19)16(20)15(11)17(21)25-13-7-8-14(26(22,23)24)10-4-2-1-3-9(10)13/h1-8H,(H,22,23,24)/p-1. The second-order valence-corrected chi connectivity index (χ2v) is 9.92. The first-order chi connectivity index (χ1) is 12.2. The second kappa shape index (κ2) is 7.85. The van der Waals surface area contributed by atoms with E-state index in [-0.39, 0.29) is 16.0 Å². The minimum absolute atomic E-state index is 0.198. The molecule has 0 saturated heterocycles. The van der Waals surface area contributed by atoms with Crippen LogP contribution >= 0.6 is 67.8 Å². The van der Waals surface area contributed by atoms with Crippen LogP contribution in [0.3, 0.4) is 0 Å². The summed E-state index contributed by atoms with van der Waals surface area (Å²) in [5.74, 6) is -0.344. The minimum Gasteiger partial charge on any atom is -0.744 e. The number of ether oxygens (including phenoxy) is 1. The maximum atomic E-state index is 12.7. The molecule has 0 heterocycles. The van der Waals surface area contributed by atoms with Crippen molar-refractivity contribution < 1.29 is 22.5 Å². The zero-order valence-electron chi connectivity index (χ0n) is 12.7. The van der Waals surface area contributed by atoms with Crippen LogP contribution in [0, 0.1) is 10.7 Å². The number of fused-ring (bicyclic) bond motifs is 1. The van der Waals surface area contributed by atoms with Gasteiger partial charge in [-0.05, 0) is 92.0 Å². The van der Waals surface area contributed by atoms with Gasteiger partial charge in [-0.1, -0.05) is 24.3 Å². The third kappa shape index (κ3) is 4.00. The molecule has 0 N–H and O–H groups in total. The summed E-state index contributed by atoms with van der Waals surface area (Å²) >= 11 is 6.29. The molecule has 134 valence electrons. The number of benzene rings is 3. The van der Waals surface area contributed by atoms with E-state index in [0.717, 1.165) is 16.8 Å². The van der Waals surface area contributed by atoms with Gasteiger partial charge in [0.2, 0.25) is 0 Å². The smallest absolute Gasteiger partial charge is 0.345 e. The molecule has 0 aliphatic carbocycles. The summed E-state index contributed by atoms with van der Waals surface area (Å²) in [5.41, 5.74) is 0.447. The van der Waals surface area contributed by atoms with E-state index in [1.165, 1.54) is 12.1 Å². The summed E-state index contributed by atoms with van der Waals surface area (Å²) < 4.78 is 42.4. The van der Waals surface area contributed by atoms with Crippen LogP contribution < -0.4 is 4.74 Å². The molecule has 3 rings (SSSR count). The van der Waals surface area contributed by atoms with Crippen molar-refractivity contribution in [2.24, 2.45) is 0 Å². The molecule has 0 unspecified atom stereocenters. The lowest BCUT2D eigenvalue weighted by Crippen LogP contribution is -2.13. The average Bonchev–Trinajstić information content (AvgIpc) is 2.58. The lowest BCUT2D eigenvalue weighted by Gasteiger charge is -2.14. The molecule has 0 fully saturated rings. The molecule has 9 heteroatoms. The van der Waals surface area contributed by atoms with E-state index >= 15 is 0 Å². The van der Waals surface area contributed by atoms with Crippen molar-refractivity contribution in [3.05, 3.63) is 64.8 Å². The highest BCUT2D eigenvalue weighted by molar-refractivity contribution is 14.1. The van der Waals surface area contributed by atoms with Gasteiger partial charge in [-0.15, -0.1) is 0 Å². The van der Waals surface area contributed by atoms with Crippen molar-refractivity contribution in [3.63, 3.8) is 0 Å². The Hall–Kier alpha value is -0.510. The average molecular weight is 705 g/mol. The van der Waals surface area contributed by atoms with E-state index in [1.807, 2.05) is 12.1 Å². The van der Waals surface area contributed by atoms with E-state index in [1.54, 1.807) is 18.2 Å². The summed E-state index contributed by atoms with van der Waals surface area (Å²) in [6.07, 6.45) is 0. The SMILES string of the molecule is O=C(Oc1ccc(S(=O)(=O)[O-])c2ccccc12)c1c(I)ccc(I)c1I. The van der Waals surface area contributed by atoms with E-state index in [2.05, 4.69) is 67.8 Å². The molecule has 3 aromatic carbocycles. The highest BCUT2D eigenvalue weighted by Crippen LogP contribution is 2.32. The molecule has 3 aromatic rings. The van der Waals surface area contributed by atoms with E-state index in [0.29, 0.717) is 10.9 Å². The first-order valence-electron chi connectivity index (χ1n) is 7.03. The fraction of sp³-hybridized carbons (Fsp3) is 0. The first kappa shape index (κ1) is 20.2. The van der Waals surface area contributed by atoms with Crippen molar-refractivity contribution in [2.45, 2.75) is 4.90 Å². The van der Waals surface area contributed by atoms with Gasteiger partial charge in [-0.25, -0.2) is 13.2 Å². The van der Waals surface area contributed by atoms with Crippen LogP contribution in [-0.2, 0) is 10.1 Å². The zero-order chi connectivity index (χ0) is 19.1. The first-order valence-corrected chi connectivity index (χ1v) is 11.7. The van der Waals surface area contributed by atoms with E-state index < -0.39 is 16.1 Å². The molecule has 0 amide bonds. The molecule has 0 bridgehead atoms. The van der Waals surface area contributed by atoms with Gasteiger partial charge in [0.15, 0.2) is 0 Å². The fourth-order valence-corrected chi connectivity index (χ4v) is 5.42. The summed E-state index contributed by atoms with van der Waals surface area (Å²) in [6, 6.07) is 12.6. The summed E-state index contributed by atoms with van der Waals surface area (Å²) in [6.45, 7) is 0. The number of carbonyl (C=O) groups is 1. The topological polar surface area (TPSA) is 83.5 Å². The Morgan fingerprint density at radius 3 is 2.15 bits per heavy atom. The van der Waals surface area contributed by atoms with Gasteiger partial charge in [0.1, 0.15) is 15.9 Å². The van der Waals surface area contributed by atoms with E-state index in [9.17, 15) is 17.8 Å². The Morgan fingerprint density at radius 2 is 1.50 bits per heavy atom. The molecule has 0 spiro atoms. The fourth-order valence-electron chi connectivity index (χ4n) is 2.42. The third-order valence-corrected chi connectivity index (χ3v) is 8.41. The molecule has 5 nitrogen and oxygen atoms in total. The van der Waals surface area contributed by atoms with Crippen molar-refractivity contribution >= 4 is 94.6 Å². The Labute approximate surface area is 190 Å². The molecular formula is C17H8I3O5S-. The molecule has 0 atom stereocenters. The summed E-state index contributed by atoms with van der Waals surface area (Å²) in [7, 11) is -4.64. The van der Waals surface area contributed by atoms with Gasteiger partial charge in [0.05, 0.1) is 10.5 Å². The number of halogens is 3. The summed E-state index contributed by atoms with van der Waals surface area (Å²) in [5, 5.41) is 0.605. The predicted molar refractivity (Wildman–Crippen MR) is 121 cm³/mol. The maximum absolute atomic E-state index is 12.7. The van der Waals surface area contributed by atoms with Gasteiger partial charge >= 0.3 is 5.97 Å².